The summed E-state index contributed by atoms with van der Waals surface area (Å²) in [5.74, 6) is -0.525. The molecule has 5 nitrogen and oxygen atoms in total. The number of primary amides is 1. The van der Waals surface area contributed by atoms with Crippen molar-refractivity contribution < 1.29 is 9.59 Å². The Balaban J connectivity index is 2.51. The summed E-state index contributed by atoms with van der Waals surface area (Å²) in [5.41, 5.74) is 5.04. The molecule has 1 saturated heterocycles. The number of amides is 2. The molecule has 1 aliphatic heterocycles. The zero-order chi connectivity index (χ0) is 14.0. The van der Waals surface area contributed by atoms with Gasteiger partial charge in [0.2, 0.25) is 11.8 Å². The van der Waals surface area contributed by atoms with E-state index in [1.807, 2.05) is 0 Å². The molecule has 0 aromatic carbocycles. The summed E-state index contributed by atoms with van der Waals surface area (Å²) in [6.07, 6.45) is 2.07. The largest absolute Gasteiger partial charge is 0.370 e. The van der Waals surface area contributed by atoms with E-state index in [1.165, 1.54) is 0 Å². The van der Waals surface area contributed by atoms with Crippen molar-refractivity contribution in [3.8, 4) is 0 Å². The number of nitrogens with one attached hydrogen (secondary N) is 2. The molecule has 0 aromatic rings. The Morgan fingerprint density at radius 3 is 2.11 bits per heavy atom. The fraction of sp³-hybridized carbons (Fsp3) is 0.846. The average molecular weight is 255 g/mol. The third-order valence-corrected chi connectivity index (χ3v) is 3.15. The van der Waals surface area contributed by atoms with Crippen LogP contribution >= 0.6 is 0 Å². The van der Waals surface area contributed by atoms with Gasteiger partial charge in [-0.15, -0.1) is 0 Å². The molecule has 1 rings (SSSR count). The summed E-state index contributed by atoms with van der Waals surface area (Å²) < 4.78 is 0. The van der Waals surface area contributed by atoms with Crippen molar-refractivity contribution in [3.63, 3.8) is 0 Å². The number of carbonyl (C=O) groups is 2. The van der Waals surface area contributed by atoms with Crippen LogP contribution in [-0.4, -0.2) is 28.9 Å². The Morgan fingerprint density at radius 2 is 1.67 bits per heavy atom. The van der Waals surface area contributed by atoms with Crippen LogP contribution in [0.25, 0.3) is 0 Å². The maximum atomic E-state index is 11.7. The monoisotopic (exact) mass is 255 g/mol. The van der Waals surface area contributed by atoms with Crippen molar-refractivity contribution in [2.24, 2.45) is 5.73 Å². The van der Waals surface area contributed by atoms with Gasteiger partial charge in [-0.3, -0.25) is 9.59 Å². The Hall–Kier alpha value is -1.10. The van der Waals surface area contributed by atoms with Gasteiger partial charge in [0, 0.05) is 30.0 Å². The van der Waals surface area contributed by atoms with Crippen LogP contribution in [-0.2, 0) is 9.59 Å². The van der Waals surface area contributed by atoms with Crippen LogP contribution in [0.5, 0.6) is 0 Å². The Bertz CT molecular complexity index is 321. The predicted molar refractivity (Wildman–Crippen MR) is 70.9 cm³/mol. The summed E-state index contributed by atoms with van der Waals surface area (Å²) in [6.45, 7) is 8.54. The van der Waals surface area contributed by atoms with Crippen LogP contribution in [0.3, 0.4) is 0 Å². The van der Waals surface area contributed by atoms with E-state index in [0.29, 0.717) is 0 Å². The molecule has 4 N–H and O–H groups in total. The summed E-state index contributed by atoms with van der Waals surface area (Å²) in [7, 11) is 0. The zero-order valence-corrected chi connectivity index (χ0v) is 11.8. The van der Waals surface area contributed by atoms with Gasteiger partial charge < -0.3 is 16.4 Å². The van der Waals surface area contributed by atoms with Gasteiger partial charge in [-0.25, -0.2) is 0 Å². The van der Waals surface area contributed by atoms with Crippen molar-refractivity contribution in [3.05, 3.63) is 0 Å². The highest BCUT2D eigenvalue weighted by molar-refractivity contribution is 5.82. The Labute approximate surface area is 109 Å². The number of hydrogen-bond donors (Lipinski definition) is 3. The minimum Gasteiger partial charge on any atom is -0.370 e. The van der Waals surface area contributed by atoms with Crippen LogP contribution in [0.2, 0.25) is 0 Å². The lowest BCUT2D eigenvalue weighted by Crippen LogP contribution is -2.62. The molecule has 1 heterocycles. The fourth-order valence-corrected chi connectivity index (χ4v) is 2.96. The molecule has 5 heteroatoms. The van der Waals surface area contributed by atoms with Gasteiger partial charge in [0.1, 0.15) is 0 Å². The van der Waals surface area contributed by atoms with Crippen molar-refractivity contribution in [2.45, 2.75) is 70.5 Å². The molecule has 0 unspecified atom stereocenters. The molecule has 104 valence electrons. The van der Waals surface area contributed by atoms with Gasteiger partial charge in [0.15, 0.2) is 0 Å². The summed E-state index contributed by atoms with van der Waals surface area (Å²) in [4.78, 5) is 22.3. The zero-order valence-electron chi connectivity index (χ0n) is 11.8. The Morgan fingerprint density at radius 1 is 1.17 bits per heavy atom. The smallest absolute Gasteiger partial charge is 0.220 e. The molecule has 0 atom stereocenters. The molecular weight excluding hydrogens is 230 g/mol. The van der Waals surface area contributed by atoms with Gasteiger partial charge in [-0.05, 0) is 40.5 Å². The van der Waals surface area contributed by atoms with Gasteiger partial charge in [-0.2, -0.15) is 0 Å². The third kappa shape index (κ3) is 5.04. The fourth-order valence-electron chi connectivity index (χ4n) is 2.96. The maximum Gasteiger partial charge on any atom is 0.220 e. The molecule has 2 amide bonds. The third-order valence-electron chi connectivity index (χ3n) is 3.15. The van der Waals surface area contributed by atoms with Gasteiger partial charge in [0.05, 0.1) is 0 Å². The van der Waals surface area contributed by atoms with E-state index in [-0.39, 0.29) is 35.9 Å². The first-order chi connectivity index (χ1) is 8.10. The second-order valence-electron chi connectivity index (χ2n) is 6.53. The lowest BCUT2D eigenvalue weighted by Gasteiger charge is -2.46. The van der Waals surface area contributed by atoms with Crippen LogP contribution in [0.15, 0.2) is 0 Å². The highest BCUT2D eigenvalue weighted by atomic mass is 16.2. The molecule has 1 fully saturated rings. The molecular formula is C13H25N3O2. The van der Waals surface area contributed by atoms with E-state index in [4.69, 9.17) is 5.73 Å². The summed E-state index contributed by atoms with van der Waals surface area (Å²) in [5, 5.41) is 6.56. The van der Waals surface area contributed by atoms with Crippen molar-refractivity contribution in [1.29, 1.82) is 0 Å². The van der Waals surface area contributed by atoms with E-state index in [0.717, 1.165) is 12.8 Å². The van der Waals surface area contributed by atoms with Crippen LogP contribution < -0.4 is 16.4 Å². The van der Waals surface area contributed by atoms with E-state index in [2.05, 4.69) is 38.3 Å². The second-order valence-corrected chi connectivity index (χ2v) is 6.53. The first kappa shape index (κ1) is 15.0. The van der Waals surface area contributed by atoms with E-state index < -0.39 is 5.91 Å². The molecule has 0 aliphatic carbocycles. The maximum absolute atomic E-state index is 11.7. The van der Waals surface area contributed by atoms with Gasteiger partial charge >= 0.3 is 0 Å². The number of hydrogen-bond acceptors (Lipinski definition) is 3. The first-order valence-corrected chi connectivity index (χ1v) is 6.47. The highest BCUT2D eigenvalue weighted by Gasteiger charge is 2.37. The molecule has 0 aromatic heterocycles. The quantitative estimate of drug-likeness (QED) is 0.690. The SMILES string of the molecule is CC1(C)CC(NC(=O)CCC(N)=O)CC(C)(C)N1. The number of nitrogens with two attached hydrogens (primary N) is 1. The number of rotatable bonds is 4. The number of piperidine rings is 1. The lowest BCUT2D eigenvalue weighted by atomic mass is 9.79. The molecule has 18 heavy (non-hydrogen) atoms. The normalized spacial score (nSPS) is 22.4. The number of carbonyl (C=O) groups excluding carboxylic acids is 2. The van der Waals surface area contributed by atoms with Crippen LogP contribution in [0, 0.1) is 0 Å². The van der Waals surface area contributed by atoms with Crippen molar-refractivity contribution >= 4 is 11.8 Å². The van der Waals surface area contributed by atoms with E-state index in [1.54, 1.807) is 0 Å². The Kier molecular flexibility index (Phi) is 4.37. The topological polar surface area (TPSA) is 84.2 Å². The molecule has 0 radical (unpaired) electrons. The highest BCUT2D eigenvalue weighted by Crippen LogP contribution is 2.28. The van der Waals surface area contributed by atoms with Crippen molar-refractivity contribution in [1.82, 2.24) is 10.6 Å². The molecule has 1 aliphatic rings. The minimum atomic E-state index is -0.434. The average Bonchev–Trinajstić information content (AvgIpc) is 2.09. The van der Waals surface area contributed by atoms with Crippen molar-refractivity contribution in [2.75, 3.05) is 0 Å². The molecule has 0 bridgehead atoms. The van der Waals surface area contributed by atoms with Gasteiger partial charge in [0.25, 0.3) is 0 Å². The summed E-state index contributed by atoms with van der Waals surface area (Å²) >= 11 is 0. The lowest BCUT2D eigenvalue weighted by molar-refractivity contribution is -0.125. The second kappa shape index (κ2) is 5.26. The predicted octanol–water partition coefficient (Wildman–Crippen LogP) is 0.677. The summed E-state index contributed by atoms with van der Waals surface area (Å²) in [6, 6.07) is 0.150. The van der Waals surface area contributed by atoms with E-state index >= 15 is 0 Å². The standard InChI is InChI=1S/C13H25N3O2/c1-12(2)7-9(8-13(3,4)16-12)15-11(18)6-5-10(14)17/h9,16H,5-8H2,1-4H3,(H2,14,17)(H,15,18). The molecule has 0 spiro atoms. The van der Waals surface area contributed by atoms with Crippen LogP contribution in [0.4, 0.5) is 0 Å². The van der Waals surface area contributed by atoms with Gasteiger partial charge in [-0.1, -0.05) is 0 Å². The molecule has 0 saturated carbocycles. The first-order valence-electron chi connectivity index (χ1n) is 6.47. The minimum absolute atomic E-state index is 0.00336. The van der Waals surface area contributed by atoms with E-state index in [9.17, 15) is 9.59 Å². The van der Waals surface area contributed by atoms with Crippen LogP contribution in [0.1, 0.15) is 53.4 Å².